The third kappa shape index (κ3) is 1.17. The van der Waals surface area contributed by atoms with Crippen LogP contribution in [0.2, 0.25) is 5.02 Å². The monoisotopic (exact) mass is 210 g/mol. The van der Waals surface area contributed by atoms with Crippen LogP contribution in [0.15, 0.2) is 18.2 Å². The van der Waals surface area contributed by atoms with Crippen LogP contribution in [0.4, 0.5) is 0 Å². The Morgan fingerprint density at radius 2 is 2.21 bits per heavy atom. The number of fused-ring (bicyclic) bond motifs is 1. The predicted molar refractivity (Wildman–Crippen MR) is 57.5 cm³/mol. The fourth-order valence-corrected chi connectivity index (χ4v) is 2.02. The van der Waals surface area contributed by atoms with E-state index in [0.717, 1.165) is 16.6 Å². The summed E-state index contributed by atoms with van der Waals surface area (Å²) in [7, 11) is 1.88. The Hall–Kier alpha value is -1.19. The number of hydrogen-bond acceptors (Lipinski definition) is 2. The third-order valence-electron chi connectivity index (χ3n) is 2.43. The van der Waals surface area contributed by atoms with Crippen LogP contribution in [0.5, 0.6) is 5.75 Å². The van der Waals surface area contributed by atoms with E-state index in [-0.39, 0.29) is 5.75 Å². The zero-order valence-electron chi connectivity index (χ0n) is 7.79. The molecule has 3 N–H and O–H groups in total. The van der Waals surface area contributed by atoms with Gasteiger partial charge < -0.3 is 15.4 Å². The lowest BCUT2D eigenvalue weighted by atomic mass is 10.2. The van der Waals surface area contributed by atoms with Crippen molar-refractivity contribution in [1.82, 2.24) is 4.57 Å². The van der Waals surface area contributed by atoms with Crippen molar-refractivity contribution in [3.8, 4) is 5.75 Å². The fraction of sp³-hybridized carbons (Fsp3) is 0.200. The average molecular weight is 211 g/mol. The third-order valence-corrected chi connectivity index (χ3v) is 2.85. The largest absolute Gasteiger partial charge is 0.508 e. The van der Waals surface area contributed by atoms with E-state index < -0.39 is 0 Å². The van der Waals surface area contributed by atoms with Crippen LogP contribution in [-0.2, 0) is 13.6 Å². The van der Waals surface area contributed by atoms with E-state index in [1.165, 1.54) is 0 Å². The highest BCUT2D eigenvalue weighted by atomic mass is 35.5. The maximum Gasteiger partial charge on any atom is 0.117 e. The molecule has 0 aliphatic carbocycles. The number of nitrogens with two attached hydrogens (primary N) is 1. The summed E-state index contributed by atoms with van der Waals surface area (Å²) in [5.74, 6) is 0.235. The number of phenols is 1. The molecule has 1 heterocycles. The molecule has 1 aromatic carbocycles. The van der Waals surface area contributed by atoms with Gasteiger partial charge in [-0.15, -0.1) is 0 Å². The van der Waals surface area contributed by atoms with Crippen LogP contribution in [0.25, 0.3) is 10.9 Å². The van der Waals surface area contributed by atoms with Crippen molar-refractivity contribution in [3.63, 3.8) is 0 Å². The molecule has 3 nitrogen and oxygen atoms in total. The zero-order chi connectivity index (χ0) is 10.3. The number of aryl methyl sites for hydroxylation is 1. The Labute approximate surface area is 86.7 Å². The van der Waals surface area contributed by atoms with Gasteiger partial charge in [0.1, 0.15) is 5.75 Å². The van der Waals surface area contributed by atoms with Gasteiger partial charge in [-0.1, -0.05) is 11.6 Å². The van der Waals surface area contributed by atoms with Gasteiger partial charge in [0.2, 0.25) is 0 Å². The standard InChI is InChI=1S/C10H11ClN2O/c1-13-8-4-6(14)2-3-7(8)10(11)9(13)5-12/h2-4,14H,5,12H2,1H3. The molecule has 4 heteroatoms. The maximum absolute atomic E-state index is 9.34. The lowest BCUT2D eigenvalue weighted by molar-refractivity contribution is 0.476. The number of hydrogen-bond donors (Lipinski definition) is 2. The molecular formula is C10H11ClN2O. The maximum atomic E-state index is 9.34. The first-order valence-electron chi connectivity index (χ1n) is 4.31. The van der Waals surface area contributed by atoms with Gasteiger partial charge in [0.25, 0.3) is 0 Å². The second kappa shape index (κ2) is 3.19. The Bertz CT molecular complexity index is 490. The summed E-state index contributed by atoms with van der Waals surface area (Å²) in [6.07, 6.45) is 0. The van der Waals surface area contributed by atoms with Crippen molar-refractivity contribution < 1.29 is 5.11 Å². The van der Waals surface area contributed by atoms with Gasteiger partial charge in [0.05, 0.1) is 16.2 Å². The molecule has 74 valence electrons. The predicted octanol–water partition coefficient (Wildman–Crippen LogP) is 2.00. The minimum atomic E-state index is 0.235. The van der Waals surface area contributed by atoms with E-state index in [1.54, 1.807) is 18.2 Å². The summed E-state index contributed by atoms with van der Waals surface area (Å²) in [6.45, 7) is 0.394. The number of rotatable bonds is 1. The minimum absolute atomic E-state index is 0.235. The first kappa shape index (κ1) is 9.37. The number of phenolic OH excluding ortho intramolecular Hbond substituents is 1. The second-order valence-electron chi connectivity index (χ2n) is 3.23. The lowest BCUT2D eigenvalue weighted by Gasteiger charge is -2.00. The summed E-state index contributed by atoms with van der Waals surface area (Å²) in [6, 6.07) is 5.10. The van der Waals surface area contributed by atoms with E-state index in [4.69, 9.17) is 17.3 Å². The molecule has 1 aromatic heterocycles. The van der Waals surface area contributed by atoms with Gasteiger partial charge in [0.15, 0.2) is 0 Å². The second-order valence-corrected chi connectivity index (χ2v) is 3.60. The number of halogens is 1. The van der Waals surface area contributed by atoms with Crippen LogP contribution < -0.4 is 5.73 Å². The number of aromatic nitrogens is 1. The van der Waals surface area contributed by atoms with E-state index in [0.29, 0.717) is 11.6 Å². The molecule has 0 saturated heterocycles. The highest BCUT2D eigenvalue weighted by Crippen LogP contribution is 2.31. The molecule has 2 aromatic rings. The number of nitrogens with zero attached hydrogens (tertiary/aromatic N) is 1. The Balaban J connectivity index is 2.87. The van der Waals surface area contributed by atoms with Gasteiger partial charge >= 0.3 is 0 Å². The molecule has 0 spiro atoms. The average Bonchev–Trinajstić information content (AvgIpc) is 2.39. The van der Waals surface area contributed by atoms with Gasteiger partial charge in [-0.05, 0) is 12.1 Å². The molecule has 0 bridgehead atoms. The summed E-state index contributed by atoms with van der Waals surface area (Å²) in [5.41, 5.74) is 7.37. The van der Waals surface area contributed by atoms with Crippen molar-refractivity contribution >= 4 is 22.5 Å². The summed E-state index contributed by atoms with van der Waals surface area (Å²) in [5, 5.41) is 10.9. The van der Waals surface area contributed by atoms with Crippen LogP contribution in [-0.4, -0.2) is 9.67 Å². The summed E-state index contributed by atoms with van der Waals surface area (Å²) < 4.78 is 1.90. The normalized spacial score (nSPS) is 11.1. The summed E-state index contributed by atoms with van der Waals surface area (Å²) in [4.78, 5) is 0. The highest BCUT2D eigenvalue weighted by molar-refractivity contribution is 6.36. The van der Waals surface area contributed by atoms with Gasteiger partial charge in [-0.25, -0.2) is 0 Å². The minimum Gasteiger partial charge on any atom is -0.508 e. The van der Waals surface area contributed by atoms with Crippen LogP contribution in [0, 0.1) is 0 Å². The molecule has 0 fully saturated rings. The van der Waals surface area contributed by atoms with Crippen molar-refractivity contribution in [3.05, 3.63) is 28.9 Å². The Morgan fingerprint density at radius 3 is 2.86 bits per heavy atom. The van der Waals surface area contributed by atoms with Crippen molar-refractivity contribution in [2.75, 3.05) is 0 Å². The molecule has 0 aliphatic rings. The van der Waals surface area contributed by atoms with Crippen molar-refractivity contribution in [2.45, 2.75) is 6.54 Å². The van der Waals surface area contributed by atoms with Crippen LogP contribution >= 0.6 is 11.6 Å². The first-order valence-corrected chi connectivity index (χ1v) is 4.68. The number of aromatic hydroxyl groups is 1. The molecule has 0 unspecified atom stereocenters. The quantitative estimate of drug-likeness (QED) is 0.757. The van der Waals surface area contributed by atoms with Crippen LogP contribution in [0.1, 0.15) is 5.69 Å². The molecule has 0 radical (unpaired) electrons. The van der Waals surface area contributed by atoms with E-state index in [2.05, 4.69) is 0 Å². The molecule has 2 rings (SSSR count). The van der Waals surface area contributed by atoms with Gasteiger partial charge in [-0.3, -0.25) is 0 Å². The van der Waals surface area contributed by atoms with Crippen molar-refractivity contribution in [1.29, 1.82) is 0 Å². The van der Waals surface area contributed by atoms with E-state index in [9.17, 15) is 5.11 Å². The smallest absolute Gasteiger partial charge is 0.117 e. The first-order chi connectivity index (χ1) is 6.65. The van der Waals surface area contributed by atoms with Gasteiger partial charge in [-0.2, -0.15) is 0 Å². The Kier molecular flexibility index (Phi) is 2.13. The summed E-state index contributed by atoms with van der Waals surface area (Å²) >= 11 is 6.13. The number of benzene rings is 1. The van der Waals surface area contributed by atoms with Crippen molar-refractivity contribution in [2.24, 2.45) is 12.8 Å². The molecule has 0 aliphatic heterocycles. The topological polar surface area (TPSA) is 51.2 Å². The molecule has 0 amide bonds. The van der Waals surface area contributed by atoms with Gasteiger partial charge in [0, 0.05) is 25.0 Å². The van der Waals surface area contributed by atoms with E-state index >= 15 is 0 Å². The molecule has 14 heavy (non-hydrogen) atoms. The molecular weight excluding hydrogens is 200 g/mol. The van der Waals surface area contributed by atoms with Crippen LogP contribution in [0.3, 0.4) is 0 Å². The SMILES string of the molecule is Cn1c(CN)c(Cl)c2ccc(O)cc21. The lowest BCUT2D eigenvalue weighted by Crippen LogP contribution is -2.03. The van der Waals surface area contributed by atoms with E-state index in [1.807, 2.05) is 11.6 Å². The fourth-order valence-electron chi connectivity index (χ4n) is 1.66. The highest BCUT2D eigenvalue weighted by Gasteiger charge is 2.11. The zero-order valence-corrected chi connectivity index (χ0v) is 8.54. The molecule has 0 saturated carbocycles. The Morgan fingerprint density at radius 1 is 1.50 bits per heavy atom. The molecule has 0 atom stereocenters.